The highest BCUT2D eigenvalue weighted by atomic mass is 19.4. The van der Waals surface area contributed by atoms with Crippen LogP contribution in [0.15, 0.2) is 46.6 Å². The normalized spacial score (nSPS) is 13.0. The molecule has 0 aliphatic heterocycles. The topological polar surface area (TPSA) is 92.6 Å². The van der Waals surface area contributed by atoms with Gasteiger partial charge in [0.2, 0.25) is 0 Å². The van der Waals surface area contributed by atoms with Gasteiger partial charge in [0.15, 0.2) is 0 Å². The van der Waals surface area contributed by atoms with E-state index in [2.05, 4.69) is 42.8 Å². The number of benzene rings is 2. The lowest BCUT2D eigenvalue weighted by Crippen LogP contribution is -2.34. The first-order valence-electron chi connectivity index (χ1n) is 14.5. The Labute approximate surface area is 241 Å². The molecule has 0 aliphatic carbocycles. The number of carbonyl (C=O) groups is 1. The molecule has 0 heterocycles. The van der Waals surface area contributed by atoms with Gasteiger partial charge in [0.05, 0.1) is 16.8 Å². The second kappa shape index (κ2) is 16.5. The number of azo groups is 1. The third kappa shape index (κ3) is 10.0. The van der Waals surface area contributed by atoms with Gasteiger partial charge in [-0.15, -0.1) is 5.11 Å². The van der Waals surface area contributed by atoms with E-state index < -0.39 is 17.5 Å². The molecule has 2 rings (SSSR count). The predicted molar refractivity (Wildman–Crippen MR) is 156 cm³/mol. The van der Waals surface area contributed by atoms with E-state index in [0.717, 1.165) is 43.8 Å². The van der Waals surface area contributed by atoms with Crippen LogP contribution in [-0.4, -0.2) is 25.0 Å². The maximum Gasteiger partial charge on any atom is 0.454 e. The van der Waals surface area contributed by atoms with Crippen LogP contribution >= 0.6 is 0 Å². The van der Waals surface area contributed by atoms with Gasteiger partial charge in [-0.05, 0) is 61.1 Å². The zero-order valence-electron chi connectivity index (χ0n) is 24.5. The van der Waals surface area contributed by atoms with Crippen molar-refractivity contribution in [2.45, 2.75) is 85.2 Å². The number of nitriles is 2. The average molecular weight is 568 g/mol. The minimum Gasteiger partial charge on any atom is -0.371 e. The van der Waals surface area contributed by atoms with Gasteiger partial charge in [0.25, 0.3) is 5.78 Å². The van der Waals surface area contributed by atoms with Crippen LogP contribution in [0.25, 0.3) is 0 Å². The summed E-state index contributed by atoms with van der Waals surface area (Å²) in [6, 6.07) is 12.6. The molecule has 2 aromatic carbocycles. The number of halogens is 3. The van der Waals surface area contributed by atoms with Gasteiger partial charge in [-0.3, -0.25) is 4.79 Å². The van der Waals surface area contributed by atoms with Crippen LogP contribution in [0.4, 0.5) is 30.2 Å². The average Bonchev–Trinajstić information content (AvgIpc) is 2.98. The Morgan fingerprint density at radius 1 is 0.854 bits per heavy atom. The molecule has 0 aromatic heterocycles. The summed E-state index contributed by atoms with van der Waals surface area (Å²) >= 11 is 0. The summed E-state index contributed by atoms with van der Waals surface area (Å²) in [5.74, 6) is -0.938. The third-order valence-corrected chi connectivity index (χ3v) is 7.39. The van der Waals surface area contributed by atoms with E-state index in [4.69, 9.17) is 0 Å². The first-order chi connectivity index (χ1) is 19.6. The molecule has 2 atom stereocenters. The van der Waals surface area contributed by atoms with Gasteiger partial charge in [-0.1, -0.05) is 66.2 Å². The van der Waals surface area contributed by atoms with Crippen molar-refractivity contribution in [2.75, 3.05) is 18.0 Å². The number of ketones is 1. The summed E-state index contributed by atoms with van der Waals surface area (Å²) in [5, 5.41) is 27.1. The summed E-state index contributed by atoms with van der Waals surface area (Å²) in [4.78, 5) is 14.1. The summed E-state index contributed by atoms with van der Waals surface area (Å²) in [6.45, 7) is 10.9. The van der Waals surface area contributed by atoms with Crippen molar-refractivity contribution in [2.24, 2.45) is 22.1 Å². The van der Waals surface area contributed by atoms with Crippen molar-refractivity contribution in [1.29, 1.82) is 10.5 Å². The molecule has 0 N–H and O–H groups in total. The third-order valence-electron chi connectivity index (χ3n) is 7.39. The lowest BCUT2D eigenvalue weighted by atomic mass is 9.95. The standard InChI is InChI=1S/C32H40F3N5O/c1-5-9-11-23(7-3)21-40(22-24(8-4)12-10-6-2)29-15-13-28(14-16-29)38-39-30-26(19-36)17-25(18-27(30)20-37)31(41)32(33,34)35/h13-18,23-24H,5-12,21-22H2,1-4H3. The summed E-state index contributed by atoms with van der Waals surface area (Å²) in [7, 11) is 0. The largest absolute Gasteiger partial charge is 0.454 e. The van der Waals surface area contributed by atoms with Gasteiger partial charge < -0.3 is 4.90 Å². The molecule has 0 bridgehead atoms. The van der Waals surface area contributed by atoms with Crippen molar-refractivity contribution in [3.63, 3.8) is 0 Å². The van der Waals surface area contributed by atoms with Crippen LogP contribution in [0.2, 0.25) is 0 Å². The van der Waals surface area contributed by atoms with Gasteiger partial charge >= 0.3 is 6.18 Å². The van der Waals surface area contributed by atoms with Gasteiger partial charge in [0.1, 0.15) is 17.8 Å². The Hall–Kier alpha value is -3.72. The molecule has 0 saturated heterocycles. The highest BCUT2D eigenvalue weighted by molar-refractivity contribution is 6.01. The smallest absolute Gasteiger partial charge is 0.371 e. The van der Waals surface area contributed by atoms with Crippen LogP contribution < -0.4 is 4.90 Å². The Morgan fingerprint density at radius 2 is 1.34 bits per heavy atom. The van der Waals surface area contributed by atoms with Gasteiger partial charge in [0, 0.05) is 24.3 Å². The predicted octanol–water partition coefficient (Wildman–Crippen LogP) is 9.83. The van der Waals surface area contributed by atoms with Crippen LogP contribution in [0, 0.1) is 34.5 Å². The Morgan fingerprint density at radius 3 is 1.73 bits per heavy atom. The fourth-order valence-electron chi connectivity index (χ4n) is 4.79. The minimum atomic E-state index is -5.13. The molecule has 220 valence electrons. The fourth-order valence-corrected chi connectivity index (χ4v) is 4.79. The summed E-state index contributed by atoms with van der Waals surface area (Å²) < 4.78 is 38.7. The highest BCUT2D eigenvalue weighted by Gasteiger charge is 2.39. The molecule has 0 radical (unpaired) electrons. The number of hydrogen-bond acceptors (Lipinski definition) is 6. The molecule has 2 unspecified atom stereocenters. The Kier molecular flexibility index (Phi) is 13.5. The quantitative estimate of drug-likeness (QED) is 0.149. The number of rotatable bonds is 16. The highest BCUT2D eigenvalue weighted by Crippen LogP contribution is 2.32. The van der Waals surface area contributed by atoms with E-state index in [0.29, 0.717) is 17.5 Å². The lowest BCUT2D eigenvalue weighted by Gasteiger charge is -2.32. The zero-order chi connectivity index (χ0) is 30.4. The number of nitrogens with zero attached hydrogens (tertiary/aromatic N) is 5. The van der Waals surface area contributed by atoms with E-state index in [-0.39, 0.29) is 16.8 Å². The van der Waals surface area contributed by atoms with E-state index in [1.165, 1.54) is 38.5 Å². The number of unbranched alkanes of at least 4 members (excludes halogenated alkanes) is 2. The van der Waals surface area contributed by atoms with Crippen molar-refractivity contribution >= 4 is 22.8 Å². The van der Waals surface area contributed by atoms with Gasteiger partial charge in [-0.2, -0.15) is 28.8 Å². The fraction of sp³-hybridized carbons (Fsp3) is 0.531. The monoisotopic (exact) mass is 567 g/mol. The number of Topliss-reactive ketones (excluding diaryl/α,β-unsaturated/α-hetero) is 1. The van der Waals surface area contributed by atoms with Crippen LogP contribution in [0.5, 0.6) is 0 Å². The first-order valence-corrected chi connectivity index (χ1v) is 14.5. The number of carbonyl (C=O) groups excluding carboxylic acids is 1. The molecule has 0 amide bonds. The molecule has 0 aliphatic rings. The number of alkyl halides is 3. The molecular formula is C32H40F3N5O. The molecule has 41 heavy (non-hydrogen) atoms. The van der Waals surface area contributed by atoms with E-state index in [1.807, 2.05) is 12.1 Å². The molecule has 0 saturated carbocycles. The van der Waals surface area contributed by atoms with Crippen molar-refractivity contribution in [1.82, 2.24) is 0 Å². The van der Waals surface area contributed by atoms with E-state index >= 15 is 0 Å². The SMILES string of the molecule is CCCCC(CC)CN(CC(CC)CCCC)c1ccc(N=Nc2c(C#N)cc(C(=O)C(F)(F)F)cc2C#N)cc1. The Balaban J connectivity index is 2.35. The molecular weight excluding hydrogens is 527 g/mol. The van der Waals surface area contributed by atoms with Crippen molar-refractivity contribution in [3.8, 4) is 12.1 Å². The van der Waals surface area contributed by atoms with Crippen LogP contribution in [-0.2, 0) is 0 Å². The minimum absolute atomic E-state index is 0.178. The molecule has 2 aromatic rings. The van der Waals surface area contributed by atoms with Gasteiger partial charge in [-0.25, -0.2) is 0 Å². The second-order valence-electron chi connectivity index (χ2n) is 10.4. The lowest BCUT2D eigenvalue weighted by molar-refractivity contribution is -0.0885. The molecule has 0 fully saturated rings. The van der Waals surface area contributed by atoms with Crippen molar-refractivity contribution < 1.29 is 18.0 Å². The van der Waals surface area contributed by atoms with Crippen LogP contribution in [0.3, 0.4) is 0 Å². The Bertz CT molecular complexity index is 1190. The second-order valence-corrected chi connectivity index (χ2v) is 10.4. The maximum atomic E-state index is 12.9. The molecule has 6 nitrogen and oxygen atoms in total. The summed E-state index contributed by atoms with van der Waals surface area (Å²) in [6.07, 6.45) is 4.25. The van der Waals surface area contributed by atoms with E-state index in [9.17, 15) is 28.5 Å². The summed E-state index contributed by atoms with van der Waals surface area (Å²) in [5.41, 5.74) is -0.0881. The first kappa shape index (κ1) is 33.5. The molecule has 0 spiro atoms. The van der Waals surface area contributed by atoms with Crippen molar-refractivity contribution in [3.05, 3.63) is 53.1 Å². The number of hydrogen-bond donors (Lipinski definition) is 0. The van der Waals surface area contributed by atoms with Crippen LogP contribution in [0.1, 0.15) is 101 Å². The zero-order valence-corrected chi connectivity index (χ0v) is 24.5. The van der Waals surface area contributed by atoms with E-state index in [1.54, 1.807) is 24.3 Å². The maximum absolute atomic E-state index is 12.9. The number of anilines is 1. The molecule has 9 heteroatoms.